The van der Waals surface area contributed by atoms with Crippen LogP contribution >= 0.6 is 0 Å². The smallest absolute Gasteiger partial charge is 0.243 e. The number of rotatable bonds is 7. The van der Waals surface area contributed by atoms with Gasteiger partial charge >= 0.3 is 0 Å². The lowest BCUT2D eigenvalue weighted by atomic mass is 10.2. The summed E-state index contributed by atoms with van der Waals surface area (Å²) < 4.78 is 40.0. The van der Waals surface area contributed by atoms with Gasteiger partial charge in [-0.25, -0.2) is 12.8 Å². The molecular weight excluding hydrogens is 373 g/mol. The first-order chi connectivity index (χ1) is 12.7. The van der Waals surface area contributed by atoms with Crippen molar-refractivity contribution in [2.45, 2.75) is 37.6 Å². The largest absolute Gasteiger partial charge is 0.342 e. The molecular formula is C18H26FN3O4S. The van der Waals surface area contributed by atoms with Crippen LogP contribution in [0.1, 0.15) is 26.7 Å². The number of halogens is 1. The number of nitrogens with zero attached hydrogens (tertiary/aromatic N) is 3. The molecule has 7 nitrogen and oxygen atoms in total. The fourth-order valence-electron chi connectivity index (χ4n) is 3.23. The molecule has 1 aliphatic rings. The van der Waals surface area contributed by atoms with Gasteiger partial charge in [0.25, 0.3) is 0 Å². The average molecular weight is 399 g/mol. The minimum Gasteiger partial charge on any atom is -0.342 e. The van der Waals surface area contributed by atoms with E-state index in [1.54, 1.807) is 4.90 Å². The van der Waals surface area contributed by atoms with E-state index in [-0.39, 0.29) is 23.9 Å². The molecule has 27 heavy (non-hydrogen) atoms. The van der Waals surface area contributed by atoms with Crippen molar-refractivity contribution < 1.29 is 22.4 Å². The number of sulfonamides is 1. The molecule has 0 radical (unpaired) electrons. The third-order valence-corrected chi connectivity index (χ3v) is 6.70. The molecule has 2 rings (SSSR count). The molecule has 0 bridgehead atoms. The van der Waals surface area contributed by atoms with Gasteiger partial charge in [0.05, 0.1) is 11.4 Å². The maximum Gasteiger partial charge on any atom is 0.243 e. The first-order valence-electron chi connectivity index (χ1n) is 9.02. The van der Waals surface area contributed by atoms with Crippen molar-refractivity contribution >= 4 is 21.8 Å². The van der Waals surface area contributed by atoms with Gasteiger partial charge in [-0.05, 0) is 51.0 Å². The monoisotopic (exact) mass is 399 g/mol. The zero-order chi connectivity index (χ0) is 20.2. The van der Waals surface area contributed by atoms with Crippen LogP contribution in [-0.4, -0.2) is 73.6 Å². The summed E-state index contributed by atoms with van der Waals surface area (Å²) in [4.78, 5) is 27.9. The second-order valence-corrected chi connectivity index (χ2v) is 8.38. The van der Waals surface area contributed by atoms with Crippen LogP contribution in [0.15, 0.2) is 29.2 Å². The molecule has 1 atom stereocenters. The SMILES string of the molecule is CCN(CC)C(=O)CN(C)C(=O)[C@H]1CCCN1S(=O)(=O)c1ccc(F)cc1. The maximum atomic E-state index is 13.1. The zero-order valence-corrected chi connectivity index (χ0v) is 16.7. The Balaban J connectivity index is 2.16. The topological polar surface area (TPSA) is 78.0 Å². The second-order valence-electron chi connectivity index (χ2n) is 6.49. The molecule has 0 N–H and O–H groups in total. The summed E-state index contributed by atoms with van der Waals surface area (Å²) >= 11 is 0. The Morgan fingerprint density at radius 1 is 1.19 bits per heavy atom. The van der Waals surface area contributed by atoms with Crippen molar-refractivity contribution in [3.8, 4) is 0 Å². The fraction of sp³-hybridized carbons (Fsp3) is 0.556. The molecule has 0 unspecified atom stereocenters. The van der Waals surface area contributed by atoms with Gasteiger partial charge in [-0.1, -0.05) is 0 Å². The number of amides is 2. The Morgan fingerprint density at radius 2 is 1.78 bits per heavy atom. The van der Waals surface area contributed by atoms with Crippen molar-refractivity contribution in [1.29, 1.82) is 0 Å². The number of carbonyl (C=O) groups excluding carboxylic acids is 2. The fourth-order valence-corrected chi connectivity index (χ4v) is 4.88. The number of benzene rings is 1. The third-order valence-electron chi connectivity index (χ3n) is 4.77. The Labute approximate surface area is 159 Å². The van der Waals surface area contributed by atoms with E-state index in [2.05, 4.69) is 0 Å². The molecule has 1 aliphatic heterocycles. The molecule has 1 heterocycles. The Kier molecular flexibility index (Phi) is 6.94. The van der Waals surface area contributed by atoms with Gasteiger partial charge in [-0.2, -0.15) is 4.31 Å². The van der Waals surface area contributed by atoms with Gasteiger partial charge in [0, 0.05) is 26.7 Å². The summed E-state index contributed by atoms with van der Waals surface area (Å²) in [5, 5.41) is 0. The number of hydrogen-bond donors (Lipinski definition) is 0. The van der Waals surface area contributed by atoms with Crippen LogP contribution in [0.4, 0.5) is 4.39 Å². The van der Waals surface area contributed by atoms with Crippen LogP contribution in [0.25, 0.3) is 0 Å². The summed E-state index contributed by atoms with van der Waals surface area (Å²) in [6, 6.07) is 3.69. The summed E-state index contributed by atoms with van der Waals surface area (Å²) in [5.74, 6) is -1.11. The van der Waals surface area contributed by atoms with Gasteiger partial charge < -0.3 is 9.80 Å². The minimum atomic E-state index is -3.91. The van der Waals surface area contributed by atoms with E-state index >= 15 is 0 Å². The van der Waals surface area contributed by atoms with E-state index in [1.165, 1.54) is 24.1 Å². The molecule has 0 aliphatic carbocycles. The van der Waals surface area contributed by atoms with Crippen LogP contribution in [0, 0.1) is 5.82 Å². The summed E-state index contributed by atoms with van der Waals surface area (Å²) in [6.45, 7) is 4.93. The van der Waals surface area contributed by atoms with Crippen LogP contribution in [0.5, 0.6) is 0 Å². The summed E-state index contributed by atoms with van der Waals surface area (Å²) in [7, 11) is -2.41. The van der Waals surface area contributed by atoms with E-state index < -0.39 is 27.8 Å². The minimum absolute atomic E-state index is 0.0505. The average Bonchev–Trinajstić information content (AvgIpc) is 3.13. The molecule has 2 amide bonds. The molecule has 9 heteroatoms. The van der Waals surface area contributed by atoms with Gasteiger partial charge in [0.2, 0.25) is 21.8 Å². The molecule has 150 valence electrons. The van der Waals surface area contributed by atoms with E-state index in [4.69, 9.17) is 0 Å². The molecule has 0 aromatic heterocycles. The number of likely N-dealkylation sites (N-methyl/N-ethyl adjacent to an activating group) is 2. The highest BCUT2D eigenvalue weighted by molar-refractivity contribution is 7.89. The Hall–Kier alpha value is -2.00. The van der Waals surface area contributed by atoms with Gasteiger partial charge in [0.1, 0.15) is 11.9 Å². The molecule has 1 aromatic carbocycles. The van der Waals surface area contributed by atoms with E-state index in [9.17, 15) is 22.4 Å². The molecule has 0 saturated carbocycles. The van der Waals surface area contributed by atoms with Crippen molar-refractivity contribution in [3.05, 3.63) is 30.1 Å². The van der Waals surface area contributed by atoms with Gasteiger partial charge in [0.15, 0.2) is 0 Å². The van der Waals surface area contributed by atoms with Crippen LogP contribution in [0.2, 0.25) is 0 Å². The van der Waals surface area contributed by atoms with E-state index in [1.807, 2.05) is 13.8 Å². The number of hydrogen-bond acceptors (Lipinski definition) is 4. The first kappa shape index (κ1) is 21.3. The second kappa shape index (κ2) is 8.79. The predicted molar refractivity (Wildman–Crippen MR) is 98.9 cm³/mol. The predicted octanol–water partition coefficient (Wildman–Crippen LogP) is 1.31. The van der Waals surface area contributed by atoms with Crippen LogP contribution in [0.3, 0.4) is 0 Å². The molecule has 0 spiro atoms. The van der Waals surface area contributed by atoms with E-state index in [0.29, 0.717) is 25.9 Å². The van der Waals surface area contributed by atoms with Gasteiger partial charge in [-0.15, -0.1) is 0 Å². The lowest BCUT2D eigenvalue weighted by molar-refractivity contribution is -0.141. The quantitative estimate of drug-likeness (QED) is 0.693. The highest BCUT2D eigenvalue weighted by Crippen LogP contribution is 2.27. The lowest BCUT2D eigenvalue weighted by Crippen LogP contribution is -2.49. The maximum absolute atomic E-state index is 13.1. The molecule has 1 saturated heterocycles. The van der Waals surface area contributed by atoms with Crippen molar-refractivity contribution in [2.75, 3.05) is 33.2 Å². The zero-order valence-electron chi connectivity index (χ0n) is 15.9. The van der Waals surface area contributed by atoms with Gasteiger partial charge in [-0.3, -0.25) is 9.59 Å². The Morgan fingerprint density at radius 3 is 2.33 bits per heavy atom. The first-order valence-corrected chi connectivity index (χ1v) is 10.5. The van der Waals surface area contributed by atoms with Crippen molar-refractivity contribution in [1.82, 2.24) is 14.1 Å². The van der Waals surface area contributed by atoms with Crippen LogP contribution < -0.4 is 0 Å². The normalized spacial score (nSPS) is 17.7. The van der Waals surface area contributed by atoms with Crippen molar-refractivity contribution in [2.24, 2.45) is 0 Å². The number of carbonyl (C=O) groups is 2. The molecule has 1 fully saturated rings. The lowest BCUT2D eigenvalue weighted by Gasteiger charge is -2.28. The molecule has 1 aromatic rings. The Bertz CT molecular complexity index is 778. The highest BCUT2D eigenvalue weighted by atomic mass is 32.2. The van der Waals surface area contributed by atoms with Crippen LogP contribution in [-0.2, 0) is 19.6 Å². The summed E-state index contributed by atoms with van der Waals surface area (Å²) in [6.07, 6.45) is 0.942. The third kappa shape index (κ3) is 4.65. The van der Waals surface area contributed by atoms with E-state index in [0.717, 1.165) is 16.4 Å². The standard InChI is InChI=1S/C18H26FN3O4S/c1-4-21(5-2)17(23)13-20(3)18(24)16-7-6-12-22(16)27(25,26)15-10-8-14(19)9-11-15/h8-11,16H,4-7,12-13H2,1-3H3/t16-/m1/s1. The van der Waals surface area contributed by atoms with Crippen molar-refractivity contribution in [3.63, 3.8) is 0 Å². The summed E-state index contributed by atoms with van der Waals surface area (Å²) in [5.41, 5.74) is 0. The highest BCUT2D eigenvalue weighted by Gasteiger charge is 2.40.